The third-order valence-corrected chi connectivity index (χ3v) is 2.38. The van der Waals surface area contributed by atoms with Gasteiger partial charge in [0, 0.05) is 6.07 Å². The molecule has 0 aliphatic heterocycles. The molecule has 7 heteroatoms. The molecule has 1 aromatic rings. The molecule has 0 unspecified atom stereocenters. The van der Waals surface area contributed by atoms with Gasteiger partial charge in [0.2, 0.25) is 0 Å². The molecular formula is C11H10ClFO5. The van der Waals surface area contributed by atoms with Gasteiger partial charge in [-0.05, 0) is 6.07 Å². The van der Waals surface area contributed by atoms with Crippen molar-refractivity contribution >= 4 is 23.5 Å². The maximum atomic E-state index is 13.4. The summed E-state index contributed by atoms with van der Waals surface area (Å²) in [7, 11) is 1.13. The molecule has 0 saturated carbocycles. The minimum Gasteiger partial charge on any atom is -0.493 e. The number of hydrogen-bond acceptors (Lipinski definition) is 4. The Bertz CT molecular complexity index is 475. The second-order valence-electron chi connectivity index (χ2n) is 3.25. The SMILES string of the molecule is COC(=O)c1cc(OCCC(=O)O)cc(F)c1Cl. The molecular weight excluding hydrogens is 267 g/mol. The Hall–Kier alpha value is -1.82. The lowest BCUT2D eigenvalue weighted by Crippen LogP contribution is -2.07. The number of halogens is 2. The molecule has 1 aromatic carbocycles. The van der Waals surface area contributed by atoms with Crippen LogP contribution in [0.3, 0.4) is 0 Å². The number of carbonyl (C=O) groups is 2. The van der Waals surface area contributed by atoms with E-state index in [2.05, 4.69) is 4.74 Å². The summed E-state index contributed by atoms with van der Waals surface area (Å²) in [6.45, 7) is -0.142. The number of hydrogen-bond donors (Lipinski definition) is 1. The van der Waals surface area contributed by atoms with E-state index in [0.29, 0.717) is 0 Å². The van der Waals surface area contributed by atoms with Crippen molar-refractivity contribution in [1.82, 2.24) is 0 Å². The number of carboxylic acid groups (broad SMARTS) is 1. The molecule has 0 aliphatic carbocycles. The van der Waals surface area contributed by atoms with Gasteiger partial charge in [-0.3, -0.25) is 4.79 Å². The van der Waals surface area contributed by atoms with Gasteiger partial charge >= 0.3 is 11.9 Å². The van der Waals surface area contributed by atoms with Crippen molar-refractivity contribution < 1.29 is 28.6 Å². The standard InChI is InChI=1S/C11H10ClFO5/c1-17-11(16)7-4-6(5-8(13)10(7)12)18-3-2-9(14)15/h4-5H,2-3H2,1H3,(H,14,15). The second-order valence-corrected chi connectivity index (χ2v) is 3.63. The molecule has 5 nitrogen and oxygen atoms in total. The molecule has 0 radical (unpaired) electrons. The Kier molecular flexibility index (Phi) is 4.91. The van der Waals surface area contributed by atoms with Crippen LogP contribution >= 0.6 is 11.6 Å². The van der Waals surface area contributed by atoms with E-state index < -0.39 is 17.8 Å². The molecule has 0 spiro atoms. The molecule has 0 fully saturated rings. The van der Waals surface area contributed by atoms with Gasteiger partial charge in [-0.2, -0.15) is 0 Å². The van der Waals surface area contributed by atoms with Crippen LogP contribution in [0.15, 0.2) is 12.1 Å². The number of carboxylic acids is 1. The van der Waals surface area contributed by atoms with Crippen LogP contribution in [0.1, 0.15) is 16.8 Å². The van der Waals surface area contributed by atoms with Crippen molar-refractivity contribution in [1.29, 1.82) is 0 Å². The average molecular weight is 277 g/mol. The predicted molar refractivity (Wildman–Crippen MR) is 60.5 cm³/mol. The molecule has 1 rings (SSSR count). The molecule has 18 heavy (non-hydrogen) atoms. The molecule has 0 saturated heterocycles. The molecule has 98 valence electrons. The summed E-state index contributed by atoms with van der Waals surface area (Å²) in [6.07, 6.45) is -0.238. The highest BCUT2D eigenvalue weighted by Crippen LogP contribution is 2.26. The topological polar surface area (TPSA) is 72.8 Å². The maximum Gasteiger partial charge on any atom is 0.339 e. The number of aliphatic carboxylic acids is 1. The zero-order chi connectivity index (χ0) is 13.7. The third-order valence-electron chi connectivity index (χ3n) is 1.99. The Morgan fingerprint density at radius 2 is 2.11 bits per heavy atom. The zero-order valence-electron chi connectivity index (χ0n) is 9.41. The van der Waals surface area contributed by atoms with E-state index in [-0.39, 0.29) is 29.4 Å². The van der Waals surface area contributed by atoms with Crippen LogP contribution in [0.25, 0.3) is 0 Å². The second kappa shape index (κ2) is 6.20. The first-order chi connectivity index (χ1) is 8.45. The summed E-state index contributed by atoms with van der Waals surface area (Å²) in [4.78, 5) is 21.6. The molecule has 0 aliphatic rings. The van der Waals surface area contributed by atoms with Crippen molar-refractivity contribution in [3.05, 3.63) is 28.5 Å². The van der Waals surface area contributed by atoms with Crippen molar-refractivity contribution in [2.24, 2.45) is 0 Å². The molecule has 0 atom stereocenters. The number of benzene rings is 1. The van der Waals surface area contributed by atoms with Gasteiger partial charge in [0.05, 0.1) is 30.7 Å². The highest BCUT2D eigenvalue weighted by molar-refractivity contribution is 6.33. The summed E-state index contributed by atoms with van der Waals surface area (Å²) in [5, 5.41) is 8.05. The summed E-state index contributed by atoms with van der Waals surface area (Å²) in [5.41, 5.74) is -0.176. The van der Waals surface area contributed by atoms with E-state index in [1.54, 1.807) is 0 Å². The summed E-state index contributed by atoms with van der Waals surface area (Å²) < 4.78 is 22.8. The van der Waals surface area contributed by atoms with Crippen LogP contribution in [0.4, 0.5) is 4.39 Å². The van der Waals surface area contributed by atoms with Crippen molar-refractivity contribution in [3.8, 4) is 5.75 Å². The molecule has 0 bridgehead atoms. The average Bonchev–Trinajstić information content (AvgIpc) is 2.32. The zero-order valence-corrected chi connectivity index (χ0v) is 10.2. The smallest absolute Gasteiger partial charge is 0.339 e. The van der Waals surface area contributed by atoms with Gasteiger partial charge in [-0.1, -0.05) is 11.6 Å². The minimum atomic E-state index is -1.04. The fourth-order valence-electron chi connectivity index (χ4n) is 1.16. The van der Waals surface area contributed by atoms with Crippen LogP contribution in [0.2, 0.25) is 5.02 Å². The van der Waals surface area contributed by atoms with E-state index in [4.69, 9.17) is 21.4 Å². The van der Waals surface area contributed by atoms with Gasteiger partial charge in [0.15, 0.2) is 0 Å². The Labute approximate surface area is 107 Å². The first-order valence-electron chi connectivity index (χ1n) is 4.87. The highest BCUT2D eigenvalue weighted by Gasteiger charge is 2.16. The first kappa shape index (κ1) is 14.2. The normalized spacial score (nSPS) is 9.94. The van der Waals surface area contributed by atoms with Crippen LogP contribution in [0.5, 0.6) is 5.75 Å². The van der Waals surface area contributed by atoms with Crippen molar-refractivity contribution in [2.45, 2.75) is 6.42 Å². The van der Waals surface area contributed by atoms with E-state index in [0.717, 1.165) is 13.2 Å². The monoisotopic (exact) mass is 276 g/mol. The number of esters is 1. The Balaban J connectivity index is 2.90. The summed E-state index contributed by atoms with van der Waals surface area (Å²) in [5.74, 6) is -2.68. The first-order valence-corrected chi connectivity index (χ1v) is 5.25. The van der Waals surface area contributed by atoms with Gasteiger partial charge in [-0.15, -0.1) is 0 Å². The van der Waals surface area contributed by atoms with Crippen LogP contribution in [0, 0.1) is 5.82 Å². The molecule has 0 aromatic heterocycles. The van der Waals surface area contributed by atoms with Gasteiger partial charge in [0.25, 0.3) is 0 Å². The summed E-state index contributed by atoms with van der Waals surface area (Å²) >= 11 is 5.60. The fourth-order valence-corrected chi connectivity index (χ4v) is 1.35. The van der Waals surface area contributed by atoms with Crippen LogP contribution in [-0.2, 0) is 9.53 Å². The third kappa shape index (κ3) is 3.59. The number of rotatable bonds is 5. The predicted octanol–water partition coefficient (Wildman–Crippen LogP) is 2.12. The van der Waals surface area contributed by atoms with Crippen molar-refractivity contribution in [2.75, 3.05) is 13.7 Å². The van der Waals surface area contributed by atoms with Crippen LogP contribution < -0.4 is 4.74 Å². The van der Waals surface area contributed by atoms with Crippen LogP contribution in [-0.4, -0.2) is 30.8 Å². The number of ether oxygens (including phenoxy) is 2. The van der Waals surface area contributed by atoms with Gasteiger partial charge in [-0.25, -0.2) is 9.18 Å². The van der Waals surface area contributed by atoms with E-state index in [1.165, 1.54) is 6.07 Å². The number of carbonyl (C=O) groups excluding carboxylic acids is 1. The van der Waals surface area contributed by atoms with Gasteiger partial charge in [0.1, 0.15) is 11.6 Å². The highest BCUT2D eigenvalue weighted by atomic mass is 35.5. The van der Waals surface area contributed by atoms with E-state index in [1.807, 2.05) is 0 Å². The lowest BCUT2D eigenvalue weighted by atomic mass is 10.2. The molecule has 1 N–H and O–H groups in total. The Morgan fingerprint density at radius 3 is 2.67 bits per heavy atom. The Morgan fingerprint density at radius 1 is 1.44 bits per heavy atom. The van der Waals surface area contributed by atoms with Gasteiger partial charge < -0.3 is 14.6 Å². The van der Waals surface area contributed by atoms with E-state index in [9.17, 15) is 14.0 Å². The number of methoxy groups -OCH3 is 1. The summed E-state index contributed by atoms with van der Waals surface area (Å²) in [6, 6.07) is 2.16. The van der Waals surface area contributed by atoms with E-state index >= 15 is 0 Å². The minimum absolute atomic E-state index is 0.0125. The van der Waals surface area contributed by atoms with Crippen molar-refractivity contribution in [3.63, 3.8) is 0 Å². The maximum absolute atomic E-state index is 13.4. The molecule has 0 heterocycles. The fraction of sp³-hybridized carbons (Fsp3) is 0.273. The lowest BCUT2D eigenvalue weighted by Gasteiger charge is -2.08. The molecule has 0 amide bonds. The lowest BCUT2D eigenvalue weighted by molar-refractivity contribution is -0.137. The largest absolute Gasteiger partial charge is 0.493 e. The quantitative estimate of drug-likeness (QED) is 0.834.